The second kappa shape index (κ2) is 7.89. The van der Waals surface area contributed by atoms with E-state index in [-0.39, 0.29) is 17.5 Å². The lowest BCUT2D eigenvalue weighted by Crippen LogP contribution is -2.52. The molecule has 0 saturated carbocycles. The van der Waals surface area contributed by atoms with Crippen LogP contribution in [-0.4, -0.2) is 46.7 Å². The van der Waals surface area contributed by atoms with Gasteiger partial charge in [0.15, 0.2) is 0 Å². The Bertz CT molecular complexity index is 740. The molecular weight excluding hydrogens is 523 g/mol. The highest BCUT2D eigenvalue weighted by molar-refractivity contribution is 14.1. The zero-order valence-corrected chi connectivity index (χ0v) is 20.7. The average molecular weight is 551 g/mol. The van der Waals surface area contributed by atoms with Crippen molar-refractivity contribution in [2.24, 2.45) is 5.41 Å². The van der Waals surface area contributed by atoms with Crippen LogP contribution in [0.4, 0.5) is 4.79 Å². The van der Waals surface area contributed by atoms with Crippen LogP contribution in [0.2, 0.25) is 0 Å². The van der Waals surface area contributed by atoms with E-state index in [9.17, 15) is 9.59 Å². The average Bonchev–Trinajstić information content (AvgIpc) is 2.73. The number of halogens is 2. The second-order valence-electron chi connectivity index (χ2n) is 9.03. The van der Waals surface area contributed by atoms with Gasteiger partial charge in [-0.3, -0.25) is 9.69 Å². The summed E-state index contributed by atoms with van der Waals surface area (Å²) in [4.78, 5) is 29.5. The fourth-order valence-corrected chi connectivity index (χ4v) is 4.98. The summed E-state index contributed by atoms with van der Waals surface area (Å²) in [5.41, 5.74) is 0.108. The predicted octanol–water partition coefficient (Wildman–Crippen LogP) is 5.05. The molecular formula is C20H28BrIN2O3. The molecule has 2 rings (SSSR count). The first-order chi connectivity index (χ1) is 12.2. The molecule has 1 saturated heterocycles. The van der Waals surface area contributed by atoms with Gasteiger partial charge in [0, 0.05) is 26.9 Å². The van der Waals surface area contributed by atoms with Crippen LogP contribution in [0.3, 0.4) is 0 Å². The molecule has 1 heterocycles. The highest BCUT2D eigenvalue weighted by Gasteiger charge is 2.52. The van der Waals surface area contributed by atoms with Gasteiger partial charge in [-0.1, -0.05) is 42.8 Å². The van der Waals surface area contributed by atoms with Crippen LogP contribution in [-0.2, 0) is 16.0 Å². The Labute approximate surface area is 184 Å². The highest BCUT2D eigenvalue weighted by Crippen LogP contribution is 2.36. The quantitative estimate of drug-likeness (QED) is 0.484. The van der Waals surface area contributed by atoms with Gasteiger partial charge in [0.05, 0.1) is 0 Å². The third-order valence-corrected chi connectivity index (χ3v) is 5.90. The van der Waals surface area contributed by atoms with Crippen LogP contribution >= 0.6 is 38.5 Å². The normalized spacial score (nSPS) is 21.0. The molecule has 0 radical (unpaired) electrons. The van der Waals surface area contributed by atoms with E-state index in [0.29, 0.717) is 6.42 Å². The molecule has 0 aliphatic carbocycles. The molecule has 0 unspecified atom stereocenters. The summed E-state index contributed by atoms with van der Waals surface area (Å²) in [5, 5.41) is 0. The standard InChI is InChI=1S/C20H28BrIN2O3/c1-19(2,3)17-23(7)16(25)15(24(17)18(26)27-20(4,5)6)10-12-8-9-13(21)11-14(12)22/h8-9,11,15,17H,10H2,1-7H3/t15-,17-/m0/s1. The third kappa shape index (κ3) is 5.16. The number of ether oxygens (including phenoxy) is 1. The van der Waals surface area contributed by atoms with E-state index in [4.69, 9.17) is 4.74 Å². The molecule has 5 nitrogen and oxygen atoms in total. The van der Waals surface area contributed by atoms with E-state index < -0.39 is 17.7 Å². The maximum Gasteiger partial charge on any atom is 0.412 e. The Hall–Kier alpha value is -0.830. The van der Waals surface area contributed by atoms with Gasteiger partial charge in [-0.25, -0.2) is 4.79 Å². The molecule has 7 heteroatoms. The minimum absolute atomic E-state index is 0.0560. The van der Waals surface area contributed by atoms with Crippen molar-refractivity contribution in [1.82, 2.24) is 9.80 Å². The zero-order chi connectivity index (χ0) is 20.7. The SMILES string of the molecule is CN1C(=O)[C@H](Cc2ccc(Br)cc2I)N(C(=O)OC(C)(C)C)[C@H]1C(C)(C)C. The van der Waals surface area contributed by atoms with E-state index in [1.54, 1.807) is 16.8 Å². The first-order valence-electron chi connectivity index (χ1n) is 8.94. The molecule has 0 aromatic heterocycles. The maximum atomic E-state index is 13.1. The van der Waals surface area contributed by atoms with Crippen molar-refractivity contribution in [3.8, 4) is 0 Å². The molecule has 150 valence electrons. The van der Waals surface area contributed by atoms with Gasteiger partial charge < -0.3 is 9.64 Å². The Kier molecular flexibility index (Phi) is 6.56. The summed E-state index contributed by atoms with van der Waals surface area (Å²) in [6.07, 6.45) is -0.351. The van der Waals surface area contributed by atoms with Crippen LogP contribution < -0.4 is 0 Å². The van der Waals surface area contributed by atoms with Crippen molar-refractivity contribution in [2.75, 3.05) is 7.05 Å². The third-order valence-electron chi connectivity index (χ3n) is 4.41. The molecule has 2 amide bonds. The van der Waals surface area contributed by atoms with E-state index in [0.717, 1.165) is 13.6 Å². The lowest BCUT2D eigenvalue weighted by Gasteiger charge is -2.39. The fraction of sp³-hybridized carbons (Fsp3) is 0.600. The van der Waals surface area contributed by atoms with Crippen molar-refractivity contribution in [3.05, 3.63) is 31.8 Å². The Balaban J connectivity index is 2.45. The predicted molar refractivity (Wildman–Crippen MR) is 118 cm³/mol. The van der Waals surface area contributed by atoms with Crippen LogP contribution in [0.5, 0.6) is 0 Å². The zero-order valence-electron chi connectivity index (χ0n) is 17.0. The lowest BCUT2D eigenvalue weighted by atomic mass is 9.91. The summed E-state index contributed by atoms with van der Waals surface area (Å²) in [7, 11) is 1.77. The van der Waals surface area contributed by atoms with Gasteiger partial charge >= 0.3 is 6.09 Å². The second-order valence-corrected chi connectivity index (χ2v) is 11.1. The van der Waals surface area contributed by atoms with Crippen molar-refractivity contribution < 1.29 is 14.3 Å². The largest absolute Gasteiger partial charge is 0.444 e. The smallest absolute Gasteiger partial charge is 0.412 e. The van der Waals surface area contributed by atoms with Crippen molar-refractivity contribution in [2.45, 2.75) is 65.8 Å². The Morgan fingerprint density at radius 3 is 2.30 bits per heavy atom. The molecule has 1 aliphatic rings. The lowest BCUT2D eigenvalue weighted by molar-refractivity contribution is -0.129. The molecule has 27 heavy (non-hydrogen) atoms. The Morgan fingerprint density at radius 1 is 1.22 bits per heavy atom. The number of likely N-dealkylation sites (N-methyl/N-ethyl adjacent to an activating group) is 1. The maximum absolute atomic E-state index is 13.1. The van der Waals surface area contributed by atoms with E-state index >= 15 is 0 Å². The van der Waals surface area contributed by atoms with Crippen molar-refractivity contribution in [1.29, 1.82) is 0 Å². The van der Waals surface area contributed by atoms with Crippen LogP contribution in [0.15, 0.2) is 22.7 Å². The number of carbonyl (C=O) groups is 2. The molecule has 0 N–H and O–H groups in total. The highest BCUT2D eigenvalue weighted by atomic mass is 127. The molecule has 2 atom stereocenters. The minimum atomic E-state index is -0.625. The minimum Gasteiger partial charge on any atom is -0.444 e. The summed E-state index contributed by atoms with van der Waals surface area (Å²) < 4.78 is 7.70. The van der Waals surface area contributed by atoms with Crippen LogP contribution in [0.1, 0.15) is 47.1 Å². The number of benzene rings is 1. The van der Waals surface area contributed by atoms with Gasteiger partial charge in [0.25, 0.3) is 0 Å². The van der Waals surface area contributed by atoms with Crippen molar-refractivity contribution in [3.63, 3.8) is 0 Å². The summed E-state index contributed by atoms with van der Waals surface area (Å²) in [6, 6.07) is 5.39. The summed E-state index contributed by atoms with van der Waals surface area (Å²) in [6.45, 7) is 11.6. The molecule has 1 fully saturated rings. The van der Waals surface area contributed by atoms with Gasteiger partial charge in [0.2, 0.25) is 5.91 Å². The molecule has 1 aromatic carbocycles. The number of carbonyl (C=O) groups excluding carboxylic acids is 2. The Morgan fingerprint density at radius 2 is 1.81 bits per heavy atom. The van der Waals surface area contributed by atoms with E-state index in [1.165, 1.54) is 0 Å². The summed E-state index contributed by atoms with van der Waals surface area (Å²) in [5.74, 6) is -0.0560. The van der Waals surface area contributed by atoms with Gasteiger partial charge in [-0.15, -0.1) is 0 Å². The van der Waals surface area contributed by atoms with Crippen LogP contribution in [0, 0.1) is 8.99 Å². The monoisotopic (exact) mass is 550 g/mol. The molecule has 1 aliphatic heterocycles. The number of hydrogen-bond donors (Lipinski definition) is 0. The fourth-order valence-electron chi connectivity index (χ4n) is 3.45. The number of rotatable bonds is 2. The molecule has 0 spiro atoms. The van der Waals surface area contributed by atoms with Gasteiger partial charge in [-0.05, 0) is 61.1 Å². The van der Waals surface area contributed by atoms with Crippen LogP contribution in [0.25, 0.3) is 0 Å². The van der Waals surface area contributed by atoms with E-state index in [2.05, 4.69) is 38.5 Å². The number of amides is 2. The van der Waals surface area contributed by atoms with Crippen molar-refractivity contribution >= 4 is 50.5 Å². The molecule has 0 bridgehead atoms. The molecule has 1 aromatic rings. The summed E-state index contributed by atoms with van der Waals surface area (Å²) >= 11 is 5.73. The number of nitrogens with zero attached hydrogens (tertiary/aromatic N) is 2. The first kappa shape index (κ1) is 22.5. The van der Waals surface area contributed by atoms with E-state index in [1.807, 2.05) is 59.7 Å². The topological polar surface area (TPSA) is 49.9 Å². The number of hydrogen-bond acceptors (Lipinski definition) is 3. The van der Waals surface area contributed by atoms with Gasteiger partial charge in [0.1, 0.15) is 17.8 Å². The first-order valence-corrected chi connectivity index (χ1v) is 10.8. The van der Waals surface area contributed by atoms with Gasteiger partial charge in [-0.2, -0.15) is 0 Å².